The molecule has 41 heavy (non-hydrogen) atoms. The number of carbonyl (C=O) groups is 1. The summed E-state index contributed by atoms with van der Waals surface area (Å²) in [5, 5.41) is 32.4. The van der Waals surface area contributed by atoms with Crippen LogP contribution in [-0.4, -0.2) is 85.8 Å². The van der Waals surface area contributed by atoms with E-state index in [-0.39, 0.29) is 42.4 Å². The number of anilines is 1. The Kier molecular flexibility index (Phi) is 9.80. The average Bonchev–Trinajstić information content (AvgIpc) is 3.41. The largest absolute Gasteiger partial charge is 0.351 e. The van der Waals surface area contributed by atoms with Gasteiger partial charge < -0.3 is 10.2 Å². The Morgan fingerprint density at radius 1 is 1.07 bits per heavy atom. The number of rotatable bonds is 12. The van der Waals surface area contributed by atoms with Gasteiger partial charge in [-0.3, -0.25) is 19.8 Å². The zero-order valence-electron chi connectivity index (χ0n) is 22.1. The molecule has 2 aromatic carbocycles. The van der Waals surface area contributed by atoms with Crippen LogP contribution in [0.15, 0.2) is 47.4 Å². The molecule has 0 saturated carbocycles. The van der Waals surface area contributed by atoms with Crippen LogP contribution in [0.1, 0.15) is 23.2 Å². The van der Waals surface area contributed by atoms with Gasteiger partial charge in [0.25, 0.3) is 11.6 Å². The molecule has 1 N–H and O–H groups in total. The summed E-state index contributed by atoms with van der Waals surface area (Å²) in [7, 11) is -3.90. The highest BCUT2D eigenvalue weighted by Crippen LogP contribution is 2.31. The first kappa shape index (κ1) is 29.8. The van der Waals surface area contributed by atoms with Gasteiger partial charge in [0, 0.05) is 82.9 Å². The number of non-ortho nitro benzene ring substituents is 1. The summed E-state index contributed by atoms with van der Waals surface area (Å²) < 4.78 is 27.8. The summed E-state index contributed by atoms with van der Waals surface area (Å²) in [4.78, 5) is 32.2. The van der Waals surface area contributed by atoms with Gasteiger partial charge in [-0.1, -0.05) is 11.3 Å². The molecule has 1 amide bonds. The highest BCUT2D eigenvalue weighted by atomic mass is 32.2. The van der Waals surface area contributed by atoms with Crippen molar-refractivity contribution in [1.82, 2.24) is 19.5 Å². The average molecular weight is 597 g/mol. The zero-order valence-corrected chi connectivity index (χ0v) is 23.7. The van der Waals surface area contributed by atoms with Crippen LogP contribution in [-0.2, 0) is 10.0 Å². The lowest BCUT2D eigenvalue weighted by Gasteiger charge is -2.34. The van der Waals surface area contributed by atoms with E-state index in [9.17, 15) is 23.3 Å². The lowest BCUT2D eigenvalue weighted by Crippen LogP contribution is -2.48. The van der Waals surface area contributed by atoms with Crippen molar-refractivity contribution < 1.29 is 18.1 Å². The molecule has 0 aliphatic carbocycles. The van der Waals surface area contributed by atoms with Gasteiger partial charge in [0.2, 0.25) is 10.0 Å². The van der Waals surface area contributed by atoms with Crippen LogP contribution in [0.4, 0.5) is 10.8 Å². The molecule has 0 atom stereocenters. The highest BCUT2D eigenvalue weighted by molar-refractivity contribution is 7.89. The standard InChI is InChI=1S/C26H28N8O5S2/c27-9-1-12-33(13-2-10-28)41(38,39)22-6-3-20(4-7-22)25(35)29-11-14-31-15-17-32(18-16-31)26-30-23-8-5-21(34(36)37)19-24(23)40-26/h3-8,19H,1-2,11-18H2,(H,29,35). The van der Waals surface area contributed by atoms with E-state index in [1.165, 1.54) is 41.7 Å². The number of nitrogens with zero attached hydrogens (tertiary/aromatic N) is 7. The number of fused-ring (bicyclic) bond motifs is 1. The van der Waals surface area contributed by atoms with Gasteiger partial charge in [0.1, 0.15) is 0 Å². The normalized spacial score (nSPS) is 14.1. The van der Waals surface area contributed by atoms with Gasteiger partial charge >= 0.3 is 0 Å². The number of nitro benzene ring substituents is 1. The van der Waals surface area contributed by atoms with Gasteiger partial charge in [-0.15, -0.1) is 0 Å². The second-order valence-electron chi connectivity index (χ2n) is 9.23. The Morgan fingerprint density at radius 2 is 1.73 bits per heavy atom. The van der Waals surface area contributed by atoms with Crippen LogP contribution in [0, 0.1) is 32.8 Å². The van der Waals surface area contributed by atoms with Gasteiger partial charge in [-0.05, 0) is 30.3 Å². The van der Waals surface area contributed by atoms with Crippen molar-refractivity contribution in [3.8, 4) is 12.1 Å². The molecule has 1 saturated heterocycles. The molecule has 2 heterocycles. The summed E-state index contributed by atoms with van der Waals surface area (Å²) in [5.41, 5.74) is 1.11. The maximum atomic E-state index is 12.9. The first-order valence-corrected chi connectivity index (χ1v) is 15.1. The van der Waals surface area contributed by atoms with Crippen molar-refractivity contribution >= 4 is 48.3 Å². The fourth-order valence-corrected chi connectivity index (χ4v) is 6.86. The molecule has 214 valence electrons. The fraction of sp³-hybridized carbons (Fsp3) is 0.385. The number of benzene rings is 2. The quantitative estimate of drug-likeness (QED) is 0.241. The first-order chi connectivity index (χ1) is 19.7. The Bertz CT molecular complexity index is 1570. The van der Waals surface area contributed by atoms with Crippen molar-refractivity contribution in [2.75, 3.05) is 57.3 Å². The first-order valence-electron chi connectivity index (χ1n) is 12.9. The van der Waals surface area contributed by atoms with Crippen molar-refractivity contribution in [3.05, 3.63) is 58.1 Å². The van der Waals surface area contributed by atoms with E-state index in [4.69, 9.17) is 10.5 Å². The van der Waals surface area contributed by atoms with Crippen molar-refractivity contribution in [3.63, 3.8) is 0 Å². The van der Waals surface area contributed by atoms with E-state index >= 15 is 0 Å². The summed E-state index contributed by atoms with van der Waals surface area (Å²) in [6.07, 6.45) is 0.0177. The lowest BCUT2D eigenvalue weighted by molar-refractivity contribution is -0.384. The topological polar surface area (TPSA) is 177 Å². The van der Waals surface area contributed by atoms with E-state index in [0.29, 0.717) is 18.7 Å². The number of hydrogen-bond acceptors (Lipinski definition) is 11. The Hall–Kier alpha value is -4.15. The number of aromatic nitrogens is 1. The third-order valence-electron chi connectivity index (χ3n) is 6.63. The maximum Gasteiger partial charge on any atom is 0.270 e. The number of piperazine rings is 1. The molecule has 3 aromatic rings. The van der Waals surface area contributed by atoms with Crippen LogP contribution >= 0.6 is 11.3 Å². The molecular formula is C26H28N8O5S2. The second-order valence-corrected chi connectivity index (χ2v) is 12.2. The van der Waals surface area contributed by atoms with E-state index in [1.54, 1.807) is 12.1 Å². The molecule has 1 aliphatic rings. The smallest absolute Gasteiger partial charge is 0.270 e. The molecule has 0 unspecified atom stereocenters. The number of carbonyl (C=O) groups excluding carboxylic acids is 1. The minimum Gasteiger partial charge on any atom is -0.351 e. The third-order valence-corrected chi connectivity index (χ3v) is 9.62. The minimum atomic E-state index is -3.90. The molecule has 0 spiro atoms. The summed E-state index contributed by atoms with van der Waals surface area (Å²) >= 11 is 1.44. The molecule has 0 radical (unpaired) electrons. The molecule has 13 nitrogen and oxygen atoms in total. The molecular weight excluding hydrogens is 568 g/mol. The highest BCUT2D eigenvalue weighted by Gasteiger charge is 2.24. The van der Waals surface area contributed by atoms with E-state index in [1.807, 2.05) is 12.1 Å². The summed E-state index contributed by atoms with van der Waals surface area (Å²) in [5.74, 6) is -0.318. The van der Waals surface area contributed by atoms with Gasteiger partial charge in [0.05, 0.1) is 32.2 Å². The number of nitrogens with one attached hydrogen (secondary N) is 1. The SMILES string of the molecule is N#CCCN(CCC#N)S(=O)(=O)c1ccc(C(=O)NCCN2CCN(c3nc4ccc([N+](=O)[O-])cc4s3)CC2)cc1. The number of nitriles is 2. The van der Waals surface area contributed by atoms with Crippen LogP contribution in [0.3, 0.4) is 0 Å². The monoisotopic (exact) mass is 596 g/mol. The molecule has 0 bridgehead atoms. The molecule has 15 heteroatoms. The fourth-order valence-electron chi connectivity index (χ4n) is 4.37. The number of sulfonamides is 1. The Labute approximate surface area is 241 Å². The van der Waals surface area contributed by atoms with E-state index in [0.717, 1.165) is 45.8 Å². The van der Waals surface area contributed by atoms with Crippen LogP contribution in [0.2, 0.25) is 0 Å². The molecule has 1 aromatic heterocycles. The second kappa shape index (κ2) is 13.5. The number of nitro groups is 1. The Balaban J connectivity index is 1.25. The predicted octanol–water partition coefficient (Wildman–Crippen LogP) is 2.57. The van der Waals surface area contributed by atoms with Crippen molar-refractivity contribution in [2.45, 2.75) is 17.7 Å². The van der Waals surface area contributed by atoms with Crippen LogP contribution < -0.4 is 10.2 Å². The van der Waals surface area contributed by atoms with Crippen molar-refractivity contribution in [2.24, 2.45) is 0 Å². The van der Waals surface area contributed by atoms with E-state index < -0.39 is 14.9 Å². The number of amides is 1. The zero-order chi connectivity index (χ0) is 29.4. The maximum absolute atomic E-state index is 12.9. The van der Waals surface area contributed by atoms with E-state index in [2.05, 4.69) is 20.1 Å². The number of thiazole rings is 1. The van der Waals surface area contributed by atoms with Gasteiger partial charge in [0.15, 0.2) is 5.13 Å². The predicted molar refractivity (Wildman–Crippen MR) is 153 cm³/mol. The molecule has 1 fully saturated rings. The molecule has 4 rings (SSSR count). The van der Waals surface area contributed by atoms with Gasteiger partial charge in [-0.2, -0.15) is 14.8 Å². The third kappa shape index (κ3) is 7.33. The number of hydrogen-bond donors (Lipinski definition) is 1. The van der Waals surface area contributed by atoms with Crippen molar-refractivity contribution in [1.29, 1.82) is 10.5 Å². The summed E-state index contributed by atoms with van der Waals surface area (Å²) in [6.45, 7) is 4.06. The lowest BCUT2D eigenvalue weighted by atomic mass is 10.2. The van der Waals surface area contributed by atoms with Crippen LogP contribution in [0.5, 0.6) is 0 Å². The van der Waals surface area contributed by atoms with Crippen LogP contribution in [0.25, 0.3) is 10.2 Å². The molecule has 1 aliphatic heterocycles. The summed E-state index contributed by atoms with van der Waals surface area (Å²) in [6, 6.07) is 14.1. The Morgan fingerprint density at radius 3 is 2.34 bits per heavy atom. The van der Waals surface area contributed by atoms with Gasteiger partial charge in [-0.25, -0.2) is 13.4 Å². The minimum absolute atomic E-state index is 0.00542.